The van der Waals surface area contributed by atoms with Crippen LogP contribution in [-0.4, -0.2) is 10.9 Å². The number of benzene rings is 2. The number of hydrogen-bond donors (Lipinski definition) is 1. The minimum absolute atomic E-state index is 0.156. The summed E-state index contributed by atoms with van der Waals surface area (Å²) < 4.78 is 1.89. The monoisotopic (exact) mass is 404 g/mol. The minimum Gasteiger partial charge on any atom is -0.320 e. The van der Waals surface area contributed by atoms with Crippen LogP contribution in [0, 0.1) is 0 Å². The van der Waals surface area contributed by atoms with Crippen LogP contribution in [-0.2, 0) is 0 Å². The summed E-state index contributed by atoms with van der Waals surface area (Å²) >= 11 is 6.85. The first-order valence-electron chi connectivity index (χ1n) is 6.25. The maximum Gasteiger partial charge on any atom is 0.255 e. The van der Waals surface area contributed by atoms with Gasteiger partial charge >= 0.3 is 0 Å². The molecule has 0 radical (unpaired) electrons. The molecule has 0 aliphatic rings. The lowest BCUT2D eigenvalue weighted by Crippen LogP contribution is -2.12. The van der Waals surface area contributed by atoms with Crippen LogP contribution >= 0.6 is 31.9 Å². The summed E-state index contributed by atoms with van der Waals surface area (Å²) in [5.41, 5.74) is 2.06. The Morgan fingerprint density at radius 3 is 2.52 bits per heavy atom. The molecule has 0 bridgehead atoms. The van der Waals surface area contributed by atoms with Crippen LogP contribution in [0.5, 0.6) is 0 Å². The van der Waals surface area contributed by atoms with E-state index in [0.717, 1.165) is 19.8 Å². The number of hydrogen-bond acceptors (Lipinski definition) is 2. The summed E-state index contributed by atoms with van der Waals surface area (Å²) in [4.78, 5) is 16.6. The van der Waals surface area contributed by atoms with E-state index in [1.807, 2.05) is 36.4 Å². The molecule has 0 spiro atoms. The lowest BCUT2D eigenvalue weighted by molar-refractivity contribution is 0.102. The van der Waals surface area contributed by atoms with Gasteiger partial charge in [-0.2, -0.15) is 0 Å². The lowest BCUT2D eigenvalue weighted by Gasteiger charge is -2.09. The fourth-order valence-electron chi connectivity index (χ4n) is 2.03. The number of nitrogens with one attached hydrogen (secondary N) is 1. The third kappa shape index (κ3) is 2.99. The van der Waals surface area contributed by atoms with E-state index in [9.17, 15) is 4.79 Å². The molecule has 0 saturated carbocycles. The number of carbonyl (C=O) groups excluding carboxylic acids is 1. The highest BCUT2D eigenvalue weighted by Crippen LogP contribution is 2.28. The van der Waals surface area contributed by atoms with Crippen molar-refractivity contribution in [1.82, 2.24) is 4.98 Å². The Labute approximate surface area is 138 Å². The Hall–Kier alpha value is -1.72. The number of carbonyl (C=O) groups is 1. The molecule has 0 saturated heterocycles. The lowest BCUT2D eigenvalue weighted by atomic mass is 10.1. The molecule has 1 N–H and O–H groups in total. The Morgan fingerprint density at radius 2 is 1.76 bits per heavy atom. The second kappa shape index (κ2) is 5.95. The first kappa shape index (κ1) is 14.2. The zero-order chi connectivity index (χ0) is 14.8. The van der Waals surface area contributed by atoms with E-state index in [1.54, 1.807) is 18.3 Å². The summed E-state index contributed by atoms with van der Waals surface area (Å²) in [6.45, 7) is 0. The number of aromatic nitrogens is 1. The van der Waals surface area contributed by atoms with E-state index < -0.39 is 0 Å². The van der Waals surface area contributed by atoms with Crippen molar-refractivity contribution in [2.24, 2.45) is 0 Å². The van der Waals surface area contributed by atoms with Gasteiger partial charge in [-0.25, -0.2) is 0 Å². The van der Waals surface area contributed by atoms with E-state index in [4.69, 9.17) is 0 Å². The molecule has 21 heavy (non-hydrogen) atoms. The predicted molar refractivity (Wildman–Crippen MR) is 91.5 cm³/mol. The maximum atomic E-state index is 12.3. The molecule has 0 aliphatic heterocycles. The smallest absolute Gasteiger partial charge is 0.255 e. The van der Waals surface area contributed by atoms with Crippen molar-refractivity contribution in [1.29, 1.82) is 0 Å². The van der Waals surface area contributed by atoms with E-state index in [0.29, 0.717) is 11.3 Å². The van der Waals surface area contributed by atoms with Gasteiger partial charge in [0, 0.05) is 26.1 Å². The summed E-state index contributed by atoms with van der Waals surface area (Å²) in [7, 11) is 0. The van der Waals surface area contributed by atoms with Crippen molar-refractivity contribution < 1.29 is 4.79 Å². The Kier molecular flexibility index (Phi) is 4.03. The van der Waals surface area contributed by atoms with Crippen LogP contribution in [0.4, 0.5) is 5.69 Å². The van der Waals surface area contributed by atoms with Crippen LogP contribution < -0.4 is 5.32 Å². The predicted octanol–water partition coefficient (Wildman–Crippen LogP) is 5.01. The van der Waals surface area contributed by atoms with E-state index in [1.165, 1.54) is 0 Å². The standard InChI is InChI=1S/C16H10Br2N2O/c17-11-5-3-10(4-6-11)16(21)20-14-8-7-13(18)12-2-1-9-19-15(12)14/h1-9H,(H,20,21). The fraction of sp³-hybridized carbons (Fsp3) is 0. The zero-order valence-electron chi connectivity index (χ0n) is 10.8. The Bertz CT molecular complexity index is 816. The zero-order valence-corrected chi connectivity index (χ0v) is 14.0. The first-order valence-corrected chi connectivity index (χ1v) is 7.84. The van der Waals surface area contributed by atoms with Crippen molar-refractivity contribution in [3.8, 4) is 0 Å². The molecule has 5 heteroatoms. The molecular formula is C16H10Br2N2O. The van der Waals surface area contributed by atoms with Gasteiger partial charge in [0.25, 0.3) is 5.91 Å². The highest BCUT2D eigenvalue weighted by molar-refractivity contribution is 9.11. The van der Waals surface area contributed by atoms with E-state index >= 15 is 0 Å². The molecular weight excluding hydrogens is 396 g/mol. The number of halogens is 2. The summed E-state index contributed by atoms with van der Waals surface area (Å²) in [5, 5.41) is 3.87. The third-order valence-corrected chi connectivity index (χ3v) is 4.29. The Morgan fingerprint density at radius 1 is 1.00 bits per heavy atom. The van der Waals surface area contributed by atoms with Crippen molar-refractivity contribution >= 4 is 54.4 Å². The van der Waals surface area contributed by atoms with Crippen LogP contribution in [0.3, 0.4) is 0 Å². The average molecular weight is 406 g/mol. The van der Waals surface area contributed by atoms with Crippen LogP contribution in [0.1, 0.15) is 10.4 Å². The number of pyridine rings is 1. The van der Waals surface area contributed by atoms with Crippen molar-refractivity contribution in [3.63, 3.8) is 0 Å². The Balaban J connectivity index is 1.97. The quantitative estimate of drug-likeness (QED) is 0.650. The molecule has 3 nitrogen and oxygen atoms in total. The van der Waals surface area contributed by atoms with Crippen molar-refractivity contribution in [2.45, 2.75) is 0 Å². The SMILES string of the molecule is O=C(Nc1ccc(Br)c2cccnc12)c1ccc(Br)cc1. The molecule has 3 aromatic rings. The molecule has 0 unspecified atom stereocenters. The van der Waals surface area contributed by atoms with Crippen molar-refractivity contribution in [2.75, 3.05) is 5.32 Å². The third-order valence-electron chi connectivity index (χ3n) is 3.07. The molecule has 3 rings (SSSR count). The van der Waals surface area contributed by atoms with E-state index in [-0.39, 0.29) is 5.91 Å². The fourth-order valence-corrected chi connectivity index (χ4v) is 2.75. The molecule has 0 fully saturated rings. The normalized spacial score (nSPS) is 10.6. The van der Waals surface area contributed by atoms with Gasteiger partial charge in [0.1, 0.15) is 0 Å². The minimum atomic E-state index is -0.156. The van der Waals surface area contributed by atoms with Crippen LogP contribution in [0.2, 0.25) is 0 Å². The molecule has 1 amide bonds. The van der Waals surface area contributed by atoms with Gasteiger partial charge in [-0.15, -0.1) is 0 Å². The summed E-state index contributed by atoms with van der Waals surface area (Å²) in [6.07, 6.45) is 1.71. The number of anilines is 1. The molecule has 2 aromatic carbocycles. The maximum absolute atomic E-state index is 12.3. The molecule has 1 heterocycles. The number of fused-ring (bicyclic) bond motifs is 1. The molecule has 104 valence electrons. The van der Waals surface area contributed by atoms with Gasteiger partial charge in [-0.05, 0) is 42.5 Å². The van der Waals surface area contributed by atoms with Crippen LogP contribution in [0.25, 0.3) is 10.9 Å². The summed E-state index contributed by atoms with van der Waals surface area (Å²) in [6, 6.07) is 14.8. The van der Waals surface area contributed by atoms with Gasteiger partial charge < -0.3 is 5.32 Å². The second-order valence-corrected chi connectivity index (χ2v) is 6.23. The average Bonchev–Trinajstić information content (AvgIpc) is 2.51. The van der Waals surface area contributed by atoms with Crippen LogP contribution in [0.15, 0.2) is 63.7 Å². The largest absolute Gasteiger partial charge is 0.320 e. The van der Waals surface area contributed by atoms with Gasteiger partial charge in [0.05, 0.1) is 11.2 Å². The second-order valence-electron chi connectivity index (χ2n) is 4.46. The first-order chi connectivity index (χ1) is 10.1. The summed E-state index contributed by atoms with van der Waals surface area (Å²) in [5.74, 6) is -0.156. The highest BCUT2D eigenvalue weighted by Gasteiger charge is 2.10. The van der Waals surface area contributed by atoms with Gasteiger partial charge in [-0.1, -0.05) is 37.9 Å². The van der Waals surface area contributed by atoms with Crippen molar-refractivity contribution in [3.05, 3.63) is 69.2 Å². The highest BCUT2D eigenvalue weighted by atomic mass is 79.9. The number of amides is 1. The molecule has 1 aromatic heterocycles. The van der Waals surface area contributed by atoms with Gasteiger partial charge in [0.15, 0.2) is 0 Å². The molecule has 0 atom stereocenters. The van der Waals surface area contributed by atoms with Gasteiger partial charge in [-0.3, -0.25) is 9.78 Å². The number of nitrogens with zero attached hydrogens (tertiary/aromatic N) is 1. The number of rotatable bonds is 2. The van der Waals surface area contributed by atoms with E-state index in [2.05, 4.69) is 42.2 Å². The molecule has 0 aliphatic carbocycles. The van der Waals surface area contributed by atoms with Gasteiger partial charge in [0.2, 0.25) is 0 Å². The topological polar surface area (TPSA) is 42.0 Å².